The summed E-state index contributed by atoms with van der Waals surface area (Å²) in [6, 6.07) is 32.7. The van der Waals surface area contributed by atoms with Gasteiger partial charge in [0.25, 0.3) is 0 Å². The van der Waals surface area contributed by atoms with Crippen molar-refractivity contribution in [2.75, 3.05) is 0 Å². The van der Waals surface area contributed by atoms with Crippen molar-refractivity contribution in [3.8, 4) is 22.3 Å². The van der Waals surface area contributed by atoms with Crippen LogP contribution < -0.4 is 0 Å². The van der Waals surface area contributed by atoms with E-state index in [1.807, 2.05) is 0 Å². The quantitative estimate of drug-likeness (QED) is 0.283. The highest BCUT2D eigenvalue weighted by Crippen LogP contribution is 2.37. The summed E-state index contributed by atoms with van der Waals surface area (Å²) >= 11 is 0. The monoisotopic (exact) mass is 346 g/mol. The molecule has 0 nitrogen and oxygen atoms in total. The van der Waals surface area contributed by atoms with E-state index in [9.17, 15) is 0 Å². The first-order valence-electron chi connectivity index (χ1n) is 9.63. The van der Waals surface area contributed by atoms with Gasteiger partial charge < -0.3 is 0 Å². The van der Waals surface area contributed by atoms with E-state index in [-0.39, 0.29) is 0 Å². The molecule has 27 heavy (non-hydrogen) atoms. The van der Waals surface area contributed by atoms with Gasteiger partial charge in [0.2, 0.25) is 0 Å². The number of aryl methyl sites for hydroxylation is 1. The van der Waals surface area contributed by atoms with Gasteiger partial charge in [-0.05, 0) is 64.3 Å². The van der Waals surface area contributed by atoms with Crippen molar-refractivity contribution in [3.63, 3.8) is 0 Å². The highest BCUT2D eigenvalue weighted by molar-refractivity contribution is 5.77. The lowest BCUT2D eigenvalue weighted by molar-refractivity contribution is 1.26. The second kappa shape index (κ2) is 6.55. The molecular formula is C27H22. The van der Waals surface area contributed by atoms with Gasteiger partial charge in [-0.15, -0.1) is 0 Å². The Morgan fingerprint density at radius 1 is 0.444 bits per heavy atom. The molecular weight excluding hydrogens is 324 g/mol. The van der Waals surface area contributed by atoms with Crippen LogP contribution in [0, 0.1) is 6.92 Å². The molecule has 0 spiro atoms. The van der Waals surface area contributed by atoms with Gasteiger partial charge in [0.15, 0.2) is 0 Å². The predicted octanol–water partition coefficient (Wildman–Crippen LogP) is 6.82. The zero-order valence-electron chi connectivity index (χ0n) is 15.6. The standard InChI is InChI=1S/C14H12.C13H10/c1-10-6-7-12-9-11-4-2-3-5-13(11)14(12)8-10;1-3-7-12-10(5-1)9-11-6-2-4-8-13(11)12/h2-8H,9H2,1H3;1-8H,9H2. The SMILES string of the molecule is Cc1ccc2c(c1)-c1ccccc1C2.c1ccc2c(c1)Cc1ccccc1-2. The van der Waals surface area contributed by atoms with E-state index in [1.54, 1.807) is 0 Å². The summed E-state index contributed by atoms with van der Waals surface area (Å²) in [6.07, 6.45) is 2.21. The average Bonchev–Trinajstić information content (AvgIpc) is 3.26. The fourth-order valence-electron chi connectivity index (χ4n) is 4.32. The summed E-state index contributed by atoms with van der Waals surface area (Å²) in [4.78, 5) is 0. The zero-order valence-corrected chi connectivity index (χ0v) is 15.6. The lowest BCUT2D eigenvalue weighted by Crippen LogP contribution is -1.80. The lowest BCUT2D eigenvalue weighted by Gasteiger charge is -2.01. The minimum Gasteiger partial charge on any atom is -0.0619 e. The van der Waals surface area contributed by atoms with Gasteiger partial charge in [-0.25, -0.2) is 0 Å². The van der Waals surface area contributed by atoms with Crippen LogP contribution in [-0.4, -0.2) is 0 Å². The number of hydrogen-bond donors (Lipinski definition) is 0. The molecule has 0 saturated heterocycles. The van der Waals surface area contributed by atoms with Crippen molar-refractivity contribution in [2.24, 2.45) is 0 Å². The predicted molar refractivity (Wildman–Crippen MR) is 114 cm³/mol. The van der Waals surface area contributed by atoms with Crippen molar-refractivity contribution in [1.82, 2.24) is 0 Å². The van der Waals surface area contributed by atoms with E-state index in [4.69, 9.17) is 0 Å². The third-order valence-electron chi connectivity index (χ3n) is 5.66. The number of fused-ring (bicyclic) bond motifs is 6. The first kappa shape index (κ1) is 16.1. The van der Waals surface area contributed by atoms with Crippen LogP contribution in [0.25, 0.3) is 22.3 Å². The van der Waals surface area contributed by atoms with Gasteiger partial charge >= 0.3 is 0 Å². The van der Waals surface area contributed by atoms with E-state index in [1.165, 1.54) is 50.1 Å². The van der Waals surface area contributed by atoms with Gasteiger partial charge in [-0.1, -0.05) is 96.6 Å². The Morgan fingerprint density at radius 3 is 1.37 bits per heavy atom. The van der Waals surface area contributed by atoms with Crippen LogP contribution in [0.4, 0.5) is 0 Å². The Labute approximate surface area is 161 Å². The van der Waals surface area contributed by atoms with E-state index in [2.05, 4.69) is 97.9 Å². The third-order valence-corrected chi connectivity index (χ3v) is 5.66. The molecule has 0 aromatic heterocycles. The van der Waals surface area contributed by atoms with Gasteiger partial charge in [-0.3, -0.25) is 0 Å². The minimum atomic E-state index is 1.10. The van der Waals surface area contributed by atoms with Gasteiger partial charge in [0.05, 0.1) is 0 Å². The fourth-order valence-corrected chi connectivity index (χ4v) is 4.32. The highest BCUT2D eigenvalue weighted by atomic mass is 14.2. The molecule has 2 aliphatic carbocycles. The molecule has 6 rings (SSSR count). The molecule has 0 radical (unpaired) electrons. The molecule has 0 atom stereocenters. The van der Waals surface area contributed by atoms with Crippen molar-refractivity contribution < 1.29 is 0 Å². The fraction of sp³-hybridized carbons (Fsp3) is 0.111. The van der Waals surface area contributed by atoms with Crippen molar-refractivity contribution in [1.29, 1.82) is 0 Å². The van der Waals surface area contributed by atoms with Crippen LogP contribution in [0.1, 0.15) is 27.8 Å². The third kappa shape index (κ3) is 2.88. The van der Waals surface area contributed by atoms with E-state index in [0.717, 1.165) is 12.8 Å². The Balaban J connectivity index is 0.000000119. The smallest absolute Gasteiger partial charge is 0.00135 e. The van der Waals surface area contributed by atoms with Gasteiger partial charge in [0.1, 0.15) is 0 Å². The highest BCUT2D eigenvalue weighted by Gasteiger charge is 2.17. The minimum absolute atomic E-state index is 1.10. The summed E-state index contributed by atoms with van der Waals surface area (Å²) < 4.78 is 0. The summed E-state index contributed by atoms with van der Waals surface area (Å²) in [5.41, 5.74) is 12.9. The van der Waals surface area contributed by atoms with E-state index >= 15 is 0 Å². The molecule has 4 aromatic rings. The van der Waals surface area contributed by atoms with Crippen molar-refractivity contribution in [2.45, 2.75) is 19.8 Å². The molecule has 0 N–H and O–H groups in total. The molecule has 2 aliphatic rings. The molecule has 4 aromatic carbocycles. The van der Waals surface area contributed by atoms with E-state index < -0.39 is 0 Å². The van der Waals surface area contributed by atoms with Crippen LogP contribution in [-0.2, 0) is 12.8 Å². The van der Waals surface area contributed by atoms with Crippen LogP contribution in [0.5, 0.6) is 0 Å². The number of hydrogen-bond acceptors (Lipinski definition) is 0. The molecule has 0 amide bonds. The Hall–Kier alpha value is -3.12. The maximum absolute atomic E-state index is 2.29. The number of rotatable bonds is 0. The lowest BCUT2D eigenvalue weighted by atomic mass is 10.0. The molecule has 0 aliphatic heterocycles. The van der Waals surface area contributed by atoms with Gasteiger partial charge in [-0.2, -0.15) is 0 Å². The van der Waals surface area contributed by atoms with Crippen LogP contribution >= 0.6 is 0 Å². The normalized spacial score (nSPS) is 12.3. The van der Waals surface area contributed by atoms with E-state index in [0.29, 0.717) is 0 Å². The van der Waals surface area contributed by atoms with Crippen LogP contribution in [0.15, 0.2) is 91.0 Å². The topological polar surface area (TPSA) is 0 Å². The second-order valence-electron chi connectivity index (χ2n) is 7.49. The first-order chi connectivity index (χ1) is 13.3. The van der Waals surface area contributed by atoms with Crippen LogP contribution in [0.2, 0.25) is 0 Å². The number of benzene rings is 4. The molecule has 0 fully saturated rings. The summed E-state index contributed by atoms with van der Waals surface area (Å²) in [5.74, 6) is 0. The van der Waals surface area contributed by atoms with Crippen LogP contribution in [0.3, 0.4) is 0 Å². The molecule has 0 saturated carbocycles. The molecule has 0 heteroatoms. The first-order valence-corrected chi connectivity index (χ1v) is 9.63. The molecule has 0 bridgehead atoms. The Morgan fingerprint density at radius 2 is 0.852 bits per heavy atom. The summed E-state index contributed by atoms with van der Waals surface area (Å²) in [6.45, 7) is 2.15. The largest absolute Gasteiger partial charge is 0.0619 e. The zero-order chi connectivity index (χ0) is 18.2. The second-order valence-corrected chi connectivity index (χ2v) is 7.49. The Bertz CT molecular complexity index is 1090. The molecule has 0 unspecified atom stereocenters. The van der Waals surface area contributed by atoms with Crippen molar-refractivity contribution in [3.05, 3.63) is 119 Å². The van der Waals surface area contributed by atoms with Crippen molar-refractivity contribution >= 4 is 0 Å². The summed E-state index contributed by atoms with van der Waals surface area (Å²) in [5, 5.41) is 0. The summed E-state index contributed by atoms with van der Waals surface area (Å²) in [7, 11) is 0. The average molecular weight is 346 g/mol. The maximum atomic E-state index is 2.29. The molecule has 0 heterocycles. The Kier molecular flexibility index (Phi) is 3.90. The van der Waals surface area contributed by atoms with Gasteiger partial charge in [0, 0.05) is 0 Å². The molecule has 130 valence electrons. The maximum Gasteiger partial charge on any atom is -0.00135 e.